The van der Waals surface area contributed by atoms with Crippen LogP contribution in [-0.4, -0.2) is 24.8 Å². The lowest BCUT2D eigenvalue weighted by atomic mass is 10.1. The molecule has 0 aliphatic heterocycles. The Morgan fingerprint density at radius 3 is 2.09 bits per heavy atom. The fraction of sp³-hybridized carbons (Fsp3) is 0.0789. The van der Waals surface area contributed by atoms with Gasteiger partial charge >= 0.3 is 0 Å². The molecule has 0 saturated carbocycles. The van der Waals surface area contributed by atoms with Crippen LogP contribution in [0.25, 0.3) is 6.08 Å². The molecular weight excluding hydrogens is 595 g/mol. The molecule has 5 rings (SSSR count). The van der Waals surface area contributed by atoms with Gasteiger partial charge in [0.1, 0.15) is 16.7 Å². The van der Waals surface area contributed by atoms with E-state index >= 15 is 0 Å². The molecular formula is C38H33N3O4S. The van der Waals surface area contributed by atoms with Crippen LogP contribution in [0, 0.1) is 6.92 Å². The average molecular weight is 628 g/mol. The second-order valence-corrected chi connectivity index (χ2v) is 11.5. The Labute approximate surface area is 272 Å². The van der Waals surface area contributed by atoms with E-state index in [1.165, 1.54) is 11.8 Å². The molecule has 0 aliphatic carbocycles. The smallest absolute Gasteiger partial charge is 0.272 e. The first-order chi connectivity index (χ1) is 22.4. The van der Waals surface area contributed by atoms with Crippen LogP contribution in [0.1, 0.15) is 32.3 Å². The SMILES string of the molecule is COc1cccc(NC(=O)C(Sc2ccc(NC(=O)/C(=C/c3ccccc3C)NC(=O)c3ccccc3)cc2)c2ccccc2)c1. The van der Waals surface area contributed by atoms with Gasteiger partial charge < -0.3 is 20.7 Å². The maximum absolute atomic E-state index is 13.5. The van der Waals surface area contributed by atoms with Crippen molar-refractivity contribution >= 4 is 46.9 Å². The molecule has 230 valence electrons. The normalized spacial score (nSPS) is 11.7. The van der Waals surface area contributed by atoms with Crippen LogP contribution in [0.2, 0.25) is 0 Å². The first kappa shape index (κ1) is 31.8. The third kappa shape index (κ3) is 8.52. The number of thioether (sulfide) groups is 1. The number of rotatable bonds is 11. The number of hydrogen-bond acceptors (Lipinski definition) is 5. The van der Waals surface area contributed by atoms with E-state index < -0.39 is 11.2 Å². The maximum atomic E-state index is 13.5. The monoisotopic (exact) mass is 627 g/mol. The van der Waals surface area contributed by atoms with Gasteiger partial charge in [0, 0.05) is 27.9 Å². The van der Waals surface area contributed by atoms with Crippen molar-refractivity contribution in [1.29, 1.82) is 0 Å². The Morgan fingerprint density at radius 1 is 0.717 bits per heavy atom. The molecule has 0 fully saturated rings. The molecule has 0 heterocycles. The minimum Gasteiger partial charge on any atom is -0.497 e. The standard InChI is InChI=1S/C38H33N3O4S/c1-26-12-9-10-17-29(26)24-34(41-36(42)28-15-7-4-8-16-28)37(43)39-30-20-22-33(23-21-30)46-35(27-13-5-3-6-14-27)38(44)40-31-18-11-19-32(25-31)45-2/h3-25,35H,1-2H3,(H,39,43)(H,40,44)(H,41,42)/b34-24-. The molecule has 3 N–H and O–H groups in total. The summed E-state index contributed by atoms with van der Waals surface area (Å²) in [6, 6.07) is 40.4. The first-order valence-electron chi connectivity index (χ1n) is 14.6. The fourth-order valence-electron chi connectivity index (χ4n) is 4.61. The number of anilines is 2. The summed E-state index contributed by atoms with van der Waals surface area (Å²) in [5, 5.41) is 8.13. The van der Waals surface area contributed by atoms with Crippen molar-refractivity contribution < 1.29 is 19.1 Å². The molecule has 3 amide bonds. The van der Waals surface area contributed by atoms with Crippen molar-refractivity contribution in [1.82, 2.24) is 5.32 Å². The lowest BCUT2D eigenvalue weighted by Crippen LogP contribution is -2.30. The highest BCUT2D eigenvalue weighted by Gasteiger charge is 2.23. The van der Waals surface area contributed by atoms with Gasteiger partial charge in [0.25, 0.3) is 11.8 Å². The molecule has 5 aromatic carbocycles. The van der Waals surface area contributed by atoms with E-state index in [9.17, 15) is 14.4 Å². The Balaban J connectivity index is 1.33. The number of aryl methyl sites for hydroxylation is 1. The predicted octanol–water partition coefficient (Wildman–Crippen LogP) is 7.89. The molecule has 46 heavy (non-hydrogen) atoms. The lowest BCUT2D eigenvalue weighted by Gasteiger charge is -2.18. The molecule has 5 aromatic rings. The average Bonchev–Trinajstić information content (AvgIpc) is 3.09. The van der Waals surface area contributed by atoms with Crippen LogP contribution in [-0.2, 0) is 9.59 Å². The van der Waals surface area contributed by atoms with Gasteiger partial charge in [-0.05, 0) is 78.2 Å². The van der Waals surface area contributed by atoms with Gasteiger partial charge in [-0.15, -0.1) is 11.8 Å². The van der Waals surface area contributed by atoms with Gasteiger partial charge in [-0.1, -0.05) is 78.9 Å². The van der Waals surface area contributed by atoms with Gasteiger partial charge in [-0.3, -0.25) is 14.4 Å². The second-order valence-electron chi connectivity index (χ2n) is 10.3. The number of amides is 3. The highest BCUT2D eigenvalue weighted by atomic mass is 32.2. The minimum atomic E-state index is -0.537. The van der Waals surface area contributed by atoms with E-state index in [4.69, 9.17) is 4.74 Å². The molecule has 0 bridgehead atoms. The van der Waals surface area contributed by atoms with Gasteiger partial charge in [-0.25, -0.2) is 0 Å². The maximum Gasteiger partial charge on any atom is 0.272 e. The minimum absolute atomic E-state index is 0.111. The predicted molar refractivity (Wildman–Crippen MR) is 185 cm³/mol. The number of carbonyl (C=O) groups excluding carboxylic acids is 3. The van der Waals surface area contributed by atoms with Crippen LogP contribution in [0.3, 0.4) is 0 Å². The molecule has 7 nitrogen and oxygen atoms in total. The molecule has 8 heteroatoms. The Kier molecular flexibility index (Phi) is 10.7. The lowest BCUT2D eigenvalue weighted by molar-refractivity contribution is -0.116. The van der Waals surface area contributed by atoms with Crippen molar-refractivity contribution in [3.05, 3.63) is 161 Å². The van der Waals surface area contributed by atoms with Crippen molar-refractivity contribution in [2.24, 2.45) is 0 Å². The Hall–Kier alpha value is -5.60. The van der Waals surface area contributed by atoms with Gasteiger partial charge in [0.2, 0.25) is 5.91 Å². The summed E-state index contributed by atoms with van der Waals surface area (Å²) < 4.78 is 5.29. The molecule has 0 aromatic heterocycles. The second kappa shape index (κ2) is 15.4. The quantitative estimate of drug-likeness (QED) is 0.102. The summed E-state index contributed by atoms with van der Waals surface area (Å²) in [6.07, 6.45) is 1.67. The van der Waals surface area contributed by atoms with E-state index in [0.29, 0.717) is 22.7 Å². The fourth-order valence-corrected chi connectivity index (χ4v) is 5.63. The van der Waals surface area contributed by atoms with Crippen LogP contribution < -0.4 is 20.7 Å². The zero-order chi connectivity index (χ0) is 32.3. The third-order valence-corrected chi connectivity index (χ3v) is 8.33. The largest absolute Gasteiger partial charge is 0.497 e. The van der Waals surface area contributed by atoms with E-state index in [2.05, 4.69) is 16.0 Å². The van der Waals surface area contributed by atoms with E-state index in [-0.39, 0.29) is 17.5 Å². The van der Waals surface area contributed by atoms with Gasteiger partial charge in [0.05, 0.1) is 7.11 Å². The third-order valence-electron chi connectivity index (χ3n) is 7.06. The molecule has 1 atom stereocenters. The van der Waals surface area contributed by atoms with Gasteiger partial charge in [-0.2, -0.15) is 0 Å². The summed E-state index contributed by atoms with van der Waals surface area (Å²) in [5.41, 5.74) is 4.36. The molecule has 1 unspecified atom stereocenters. The summed E-state index contributed by atoms with van der Waals surface area (Å²) in [5.74, 6) is -0.382. The number of nitrogens with one attached hydrogen (secondary N) is 3. The van der Waals surface area contributed by atoms with Crippen LogP contribution in [0.5, 0.6) is 5.75 Å². The summed E-state index contributed by atoms with van der Waals surface area (Å²) in [7, 11) is 1.58. The van der Waals surface area contributed by atoms with Crippen LogP contribution in [0.4, 0.5) is 11.4 Å². The van der Waals surface area contributed by atoms with Gasteiger partial charge in [0.15, 0.2) is 0 Å². The zero-order valence-electron chi connectivity index (χ0n) is 25.4. The van der Waals surface area contributed by atoms with Crippen molar-refractivity contribution in [2.45, 2.75) is 17.1 Å². The number of carbonyl (C=O) groups is 3. The van der Waals surface area contributed by atoms with Crippen molar-refractivity contribution in [2.75, 3.05) is 17.7 Å². The van der Waals surface area contributed by atoms with Crippen LogP contribution >= 0.6 is 11.8 Å². The molecule has 0 saturated heterocycles. The van der Waals surface area contributed by atoms with Crippen molar-refractivity contribution in [3.63, 3.8) is 0 Å². The summed E-state index contributed by atoms with van der Waals surface area (Å²) in [6.45, 7) is 1.94. The molecule has 0 aliphatic rings. The topological polar surface area (TPSA) is 96.5 Å². The zero-order valence-corrected chi connectivity index (χ0v) is 26.2. The first-order valence-corrected chi connectivity index (χ1v) is 15.5. The number of methoxy groups -OCH3 is 1. The summed E-state index contributed by atoms with van der Waals surface area (Å²) >= 11 is 1.40. The van der Waals surface area contributed by atoms with E-state index in [0.717, 1.165) is 21.6 Å². The Morgan fingerprint density at radius 2 is 1.39 bits per heavy atom. The van der Waals surface area contributed by atoms with E-state index in [1.807, 2.05) is 97.9 Å². The highest BCUT2D eigenvalue weighted by Crippen LogP contribution is 2.37. The highest BCUT2D eigenvalue weighted by molar-refractivity contribution is 8.00. The Bertz CT molecular complexity index is 1840. The summed E-state index contributed by atoms with van der Waals surface area (Å²) in [4.78, 5) is 40.8. The number of benzene rings is 5. The van der Waals surface area contributed by atoms with Crippen LogP contribution in [0.15, 0.2) is 144 Å². The van der Waals surface area contributed by atoms with Crippen molar-refractivity contribution in [3.8, 4) is 5.75 Å². The number of hydrogen-bond donors (Lipinski definition) is 3. The molecule has 0 radical (unpaired) electrons. The molecule has 0 spiro atoms. The van der Waals surface area contributed by atoms with E-state index in [1.54, 1.807) is 55.7 Å². The number of ether oxygens (including phenoxy) is 1.